The van der Waals surface area contributed by atoms with Gasteiger partial charge in [-0.15, -0.1) is 0 Å². The van der Waals surface area contributed by atoms with E-state index in [0.29, 0.717) is 10.2 Å². The quantitative estimate of drug-likeness (QED) is 0.947. The van der Waals surface area contributed by atoms with E-state index in [4.69, 9.17) is 5.11 Å². The number of benzene rings is 1. The Morgan fingerprint density at radius 2 is 2.29 bits per heavy atom. The summed E-state index contributed by atoms with van der Waals surface area (Å²) in [5.41, 5.74) is 2.58. The van der Waals surface area contributed by atoms with Gasteiger partial charge in [0.1, 0.15) is 0 Å². The van der Waals surface area contributed by atoms with Gasteiger partial charge in [-0.25, -0.2) is 4.68 Å². The highest BCUT2D eigenvalue weighted by Crippen LogP contribution is 2.19. The van der Waals surface area contributed by atoms with Crippen LogP contribution in [0.2, 0.25) is 0 Å². The monoisotopic (exact) mass is 294 g/mol. The summed E-state index contributed by atoms with van der Waals surface area (Å²) in [4.78, 5) is 10.7. The van der Waals surface area contributed by atoms with Crippen molar-refractivity contribution in [2.24, 2.45) is 0 Å². The predicted octanol–water partition coefficient (Wildman–Crippen LogP) is 2.57. The Kier molecular flexibility index (Phi) is 3.28. The highest BCUT2D eigenvalue weighted by atomic mass is 79.9. The van der Waals surface area contributed by atoms with Crippen LogP contribution in [0.1, 0.15) is 11.3 Å². The van der Waals surface area contributed by atoms with Crippen molar-refractivity contribution in [3.05, 3.63) is 46.2 Å². The van der Waals surface area contributed by atoms with Gasteiger partial charge in [-0.3, -0.25) is 4.79 Å². The van der Waals surface area contributed by atoms with Gasteiger partial charge in [0.05, 0.1) is 22.3 Å². The molecule has 4 nitrogen and oxygen atoms in total. The molecule has 1 heterocycles. The third kappa shape index (κ3) is 2.74. The highest BCUT2D eigenvalue weighted by Gasteiger charge is 2.11. The number of nitrogens with zero attached hydrogens (tertiary/aromatic N) is 2. The summed E-state index contributed by atoms with van der Waals surface area (Å²) in [7, 11) is 0. The van der Waals surface area contributed by atoms with Gasteiger partial charge < -0.3 is 5.11 Å². The Morgan fingerprint density at radius 3 is 2.94 bits per heavy atom. The number of rotatable bonds is 3. The highest BCUT2D eigenvalue weighted by molar-refractivity contribution is 9.10. The van der Waals surface area contributed by atoms with Crippen LogP contribution in [0.4, 0.5) is 0 Å². The van der Waals surface area contributed by atoms with Crippen LogP contribution in [-0.2, 0) is 11.2 Å². The van der Waals surface area contributed by atoms with E-state index in [2.05, 4.69) is 21.0 Å². The standard InChI is InChI=1S/C12H11BrN2O2/c1-8-3-2-4-9(5-8)15-7-10(13)11(14-15)6-12(16)17/h2-5,7H,6H2,1H3,(H,16,17). The summed E-state index contributed by atoms with van der Waals surface area (Å²) in [6.07, 6.45) is 1.69. The zero-order valence-electron chi connectivity index (χ0n) is 9.22. The van der Waals surface area contributed by atoms with Gasteiger partial charge in [0.15, 0.2) is 0 Å². The van der Waals surface area contributed by atoms with Crippen LogP contribution in [0, 0.1) is 6.92 Å². The molecule has 5 heteroatoms. The molecule has 0 aliphatic heterocycles. The van der Waals surface area contributed by atoms with Crippen LogP contribution < -0.4 is 0 Å². The number of aromatic nitrogens is 2. The van der Waals surface area contributed by atoms with E-state index in [1.165, 1.54) is 0 Å². The van der Waals surface area contributed by atoms with E-state index in [0.717, 1.165) is 11.3 Å². The normalized spacial score (nSPS) is 10.5. The van der Waals surface area contributed by atoms with Gasteiger partial charge >= 0.3 is 5.97 Å². The lowest BCUT2D eigenvalue weighted by molar-refractivity contribution is -0.136. The SMILES string of the molecule is Cc1cccc(-n2cc(Br)c(CC(=O)O)n2)c1. The lowest BCUT2D eigenvalue weighted by Gasteiger charge is -2.01. The molecular weight excluding hydrogens is 284 g/mol. The van der Waals surface area contributed by atoms with Crippen LogP contribution >= 0.6 is 15.9 Å². The van der Waals surface area contributed by atoms with E-state index in [9.17, 15) is 4.79 Å². The van der Waals surface area contributed by atoms with E-state index < -0.39 is 5.97 Å². The minimum absolute atomic E-state index is 0.0839. The topological polar surface area (TPSA) is 55.1 Å². The lowest BCUT2D eigenvalue weighted by Crippen LogP contribution is -2.02. The summed E-state index contributed by atoms with van der Waals surface area (Å²) >= 11 is 3.31. The van der Waals surface area contributed by atoms with Crippen LogP contribution in [0.3, 0.4) is 0 Å². The number of carbonyl (C=O) groups is 1. The van der Waals surface area contributed by atoms with Crippen LogP contribution in [0.5, 0.6) is 0 Å². The van der Waals surface area contributed by atoms with E-state index in [1.807, 2.05) is 31.2 Å². The molecule has 88 valence electrons. The maximum absolute atomic E-state index is 10.7. The number of aryl methyl sites for hydroxylation is 1. The molecule has 1 aromatic carbocycles. The van der Waals surface area contributed by atoms with Crippen molar-refractivity contribution in [2.75, 3.05) is 0 Å². The number of carboxylic acid groups (broad SMARTS) is 1. The molecule has 2 aromatic rings. The zero-order valence-corrected chi connectivity index (χ0v) is 10.8. The van der Waals surface area contributed by atoms with Crippen molar-refractivity contribution in [1.29, 1.82) is 0 Å². The van der Waals surface area contributed by atoms with Gasteiger partial charge in [0.2, 0.25) is 0 Å². The van der Waals surface area contributed by atoms with E-state index in [1.54, 1.807) is 10.9 Å². The number of halogens is 1. The molecule has 0 saturated carbocycles. The molecule has 1 aromatic heterocycles. The van der Waals surface area contributed by atoms with Gasteiger partial charge in [0.25, 0.3) is 0 Å². The fourth-order valence-corrected chi connectivity index (χ4v) is 1.97. The van der Waals surface area contributed by atoms with Crippen molar-refractivity contribution < 1.29 is 9.90 Å². The predicted molar refractivity (Wildman–Crippen MR) is 67.3 cm³/mol. The van der Waals surface area contributed by atoms with Crippen molar-refractivity contribution in [3.63, 3.8) is 0 Å². The maximum atomic E-state index is 10.7. The van der Waals surface area contributed by atoms with Crippen molar-refractivity contribution in [3.8, 4) is 5.69 Å². The third-order valence-electron chi connectivity index (χ3n) is 2.32. The smallest absolute Gasteiger partial charge is 0.309 e. The maximum Gasteiger partial charge on any atom is 0.309 e. The first-order valence-electron chi connectivity index (χ1n) is 5.09. The second kappa shape index (κ2) is 4.71. The van der Waals surface area contributed by atoms with Crippen molar-refractivity contribution in [2.45, 2.75) is 13.3 Å². The molecule has 0 saturated heterocycles. The number of hydrogen-bond acceptors (Lipinski definition) is 2. The largest absolute Gasteiger partial charge is 0.481 e. The molecular formula is C12H11BrN2O2. The van der Waals surface area contributed by atoms with Crippen LogP contribution in [-0.4, -0.2) is 20.9 Å². The molecule has 0 fully saturated rings. The minimum Gasteiger partial charge on any atom is -0.481 e. The lowest BCUT2D eigenvalue weighted by atomic mass is 10.2. The molecule has 0 unspecified atom stereocenters. The average Bonchev–Trinajstić information content (AvgIpc) is 2.59. The summed E-state index contributed by atoms with van der Waals surface area (Å²) < 4.78 is 2.39. The van der Waals surface area contributed by atoms with E-state index >= 15 is 0 Å². The first-order chi connectivity index (χ1) is 8.06. The second-order valence-corrected chi connectivity index (χ2v) is 4.63. The molecule has 2 rings (SSSR count). The zero-order chi connectivity index (χ0) is 12.4. The molecule has 0 bridgehead atoms. The summed E-state index contributed by atoms with van der Waals surface area (Å²) in [6.45, 7) is 2.00. The number of carboxylic acids is 1. The molecule has 17 heavy (non-hydrogen) atoms. The van der Waals surface area contributed by atoms with Crippen molar-refractivity contribution >= 4 is 21.9 Å². The first kappa shape index (κ1) is 11.9. The third-order valence-corrected chi connectivity index (χ3v) is 2.99. The van der Waals surface area contributed by atoms with Crippen LogP contribution in [0.25, 0.3) is 5.69 Å². The first-order valence-corrected chi connectivity index (χ1v) is 5.88. The van der Waals surface area contributed by atoms with Gasteiger partial charge in [-0.2, -0.15) is 5.10 Å². The molecule has 0 aliphatic carbocycles. The molecule has 0 aliphatic rings. The van der Waals surface area contributed by atoms with E-state index in [-0.39, 0.29) is 6.42 Å². The second-order valence-electron chi connectivity index (χ2n) is 3.78. The molecule has 0 spiro atoms. The fourth-order valence-electron chi connectivity index (χ4n) is 1.55. The van der Waals surface area contributed by atoms with Crippen molar-refractivity contribution in [1.82, 2.24) is 9.78 Å². The Bertz CT molecular complexity index is 563. The summed E-state index contributed by atoms with van der Waals surface area (Å²) in [5.74, 6) is -0.889. The van der Waals surface area contributed by atoms with Gasteiger partial charge in [-0.05, 0) is 40.5 Å². The Balaban J connectivity index is 2.37. The minimum atomic E-state index is -0.889. The fraction of sp³-hybridized carbons (Fsp3) is 0.167. The average molecular weight is 295 g/mol. The molecule has 0 amide bonds. The number of aliphatic carboxylic acids is 1. The molecule has 0 radical (unpaired) electrons. The van der Waals surface area contributed by atoms with Gasteiger partial charge in [0, 0.05) is 6.20 Å². The Labute approximate surface area is 107 Å². The Morgan fingerprint density at radius 1 is 1.53 bits per heavy atom. The number of hydrogen-bond donors (Lipinski definition) is 1. The summed E-state index contributed by atoms with van der Waals surface area (Å²) in [6, 6.07) is 7.86. The van der Waals surface area contributed by atoms with Gasteiger partial charge in [-0.1, -0.05) is 12.1 Å². The molecule has 0 atom stereocenters. The van der Waals surface area contributed by atoms with Crippen LogP contribution in [0.15, 0.2) is 34.9 Å². The Hall–Kier alpha value is -1.62. The summed E-state index contributed by atoms with van der Waals surface area (Å²) in [5, 5.41) is 13.0. The molecule has 1 N–H and O–H groups in total.